The van der Waals surface area contributed by atoms with Crippen molar-refractivity contribution in [3.05, 3.63) is 64.9 Å². The summed E-state index contributed by atoms with van der Waals surface area (Å²) < 4.78 is 19.7. The zero-order chi connectivity index (χ0) is 19.0. The smallest absolute Gasteiger partial charge is 0.325 e. The first kappa shape index (κ1) is 18.3. The van der Waals surface area contributed by atoms with Gasteiger partial charge in [0.1, 0.15) is 5.82 Å². The van der Waals surface area contributed by atoms with Gasteiger partial charge in [0.2, 0.25) is 0 Å². The molecule has 0 spiro atoms. The third-order valence-electron chi connectivity index (χ3n) is 5.68. The van der Waals surface area contributed by atoms with Crippen LogP contribution in [0.1, 0.15) is 24.3 Å². The molecule has 27 heavy (non-hydrogen) atoms. The molecule has 2 aromatic carbocycles. The molecule has 1 aliphatic heterocycles. The highest BCUT2D eigenvalue weighted by atomic mass is 35.5. The van der Waals surface area contributed by atoms with Gasteiger partial charge in [-0.1, -0.05) is 29.8 Å². The number of halogens is 2. The monoisotopic (exact) mass is 388 g/mol. The van der Waals surface area contributed by atoms with Gasteiger partial charge in [0, 0.05) is 30.3 Å². The number of nitrogens with zero attached hydrogens (tertiary/aromatic N) is 2. The van der Waals surface area contributed by atoms with Crippen molar-refractivity contribution in [1.29, 1.82) is 0 Å². The van der Waals surface area contributed by atoms with Crippen molar-refractivity contribution in [3.8, 4) is 0 Å². The van der Waals surface area contributed by atoms with Crippen LogP contribution in [0, 0.1) is 5.82 Å². The van der Waals surface area contributed by atoms with E-state index >= 15 is 0 Å². The van der Waals surface area contributed by atoms with E-state index in [2.05, 4.69) is 0 Å². The summed E-state index contributed by atoms with van der Waals surface area (Å²) >= 11 is 6.03. The number of rotatable bonds is 5. The molecule has 0 bridgehead atoms. The van der Waals surface area contributed by atoms with E-state index in [0.29, 0.717) is 23.7 Å². The van der Waals surface area contributed by atoms with Crippen LogP contribution in [0.4, 0.5) is 14.9 Å². The summed E-state index contributed by atoms with van der Waals surface area (Å²) in [5, 5.41) is 0.621. The van der Waals surface area contributed by atoms with E-state index in [1.54, 1.807) is 25.3 Å². The second kappa shape index (κ2) is 7.49. The van der Waals surface area contributed by atoms with Crippen molar-refractivity contribution in [2.24, 2.45) is 0 Å². The second-order valence-corrected chi connectivity index (χ2v) is 7.51. The molecule has 4 rings (SSSR count). The van der Waals surface area contributed by atoms with Gasteiger partial charge in [0.25, 0.3) is 0 Å². The van der Waals surface area contributed by atoms with E-state index in [9.17, 15) is 9.18 Å². The van der Waals surface area contributed by atoms with Crippen LogP contribution in [-0.2, 0) is 4.74 Å². The first-order valence-electron chi connectivity index (χ1n) is 9.20. The number of anilines is 1. The van der Waals surface area contributed by atoms with Crippen LogP contribution < -0.4 is 4.90 Å². The molecule has 2 amide bonds. The van der Waals surface area contributed by atoms with Crippen LogP contribution in [0.25, 0.3) is 0 Å². The van der Waals surface area contributed by atoms with Crippen molar-refractivity contribution in [2.45, 2.75) is 30.8 Å². The molecular weight excluding hydrogens is 367 g/mol. The Morgan fingerprint density at radius 1 is 1.15 bits per heavy atom. The molecule has 4 nitrogen and oxygen atoms in total. The predicted molar refractivity (Wildman–Crippen MR) is 104 cm³/mol. The summed E-state index contributed by atoms with van der Waals surface area (Å²) in [5.41, 5.74) is 1.48. The van der Waals surface area contributed by atoms with Crippen LogP contribution in [-0.4, -0.2) is 43.3 Å². The first-order chi connectivity index (χ1) is 13.1. The topological polar surface area (TPSA) is 32.8 Å². The van der Waals surface area contributed by atoms with Crippen LogP contribution in [0.5, 0.6) is 0 Å². The van der Waals surface area contributed by atoms with E-state index < -0.39 is 0 Å². The van der Waals surface area contributed by atoms with Gasteiger partial charge in [-0.2, -0.15) is 0 Å². The summed E-state index contributed by atoms with van der Waals surface area (Å²) in [6, 6.07) is 14.1. The molecule has 6 heteroatoms. The number of carbonyl (C=O) groups excluding carboxylic acids is 1. The summed E-state index contributed by atoms with van der Waals surface area (Å²) in [5.74, 6) is -0.245. The molecule has 1 aliphatic carbocycles. The summed E-state index contributed by atoms with van der Waals surface area (Å²) in [4.78, 5) is 16.9. The molecule has 3 atom stereocenters. The third kappa shape index (κ3) is 3.19. The van der Waals surface area contributed by atoms with Crippen LogP contribution >= 0.6 is 11.6 Å². The number of methoxy groups -OCH3 is 1. The zero-order valence-corrected chi connectivity index (χ0v) is 15.9. The Hall–Kier alpha value is -2.11. The van der Waals surface area contributed by atoms with Crippen molar-refractivity contribution in [2.75, 3.05) is 25.2 Å². The Bertz CT molecular complexity index is 829. The van der Waals surface area contributed by atoms with Crippen molar-refractivity contribution >= 4 is 23.3 Å². The Balaban J connectivity index is 1.74. The van der Waals surface area contributed by atoms with Gasteiger partial charge < -0.3 is 9.64 Å². The maximum atomic E-state index is 14.5. The average Bonchev–Trinajstić information content (AvgIpc) is 3.19. The largest absolute Gasteiger partial charge is 0.383 e. The molecule has 0 radical (unpaired) electrons. The lowest BCUT2D eigenvalue weighted by molar-refractivity contribution is 0.146. The highest BCUT2D eigenvalue weighted by Gasteiger charge is 2.53. The van der Waals surface area contributed by atoms with E-state index in [1.165, 1.54) is 6.07 Å². The number of urea groups is 1. The van der Waals surface area contributed by atoms with Crippen LogP contribution in [0.15, 0.2) is 48.5 Å². The van der Waals surface area contributed by atoms with Gasteiger partial charge in [-0.25, -0.2) is 9.18 Å². The number of fused-ring (bicyclic) bond motifs is 1. The number of hydrogen-bond acceptors (Lipinski definition) is 2. The van der Waals surface area contributed by atoms with E-state index in [4.69, 9.17) is 16.3 Å². The minimum absolute atomic E-state index is 0.0385. The van der Waals surface area contributed by atoms with Crippen LogP contribution in [0.2, 0.25) is 5.02 Å². The molecule has 0 aromatic heterocycles. The number of carbonyl (C=O) groups is 1. The molecular formula is C21H22ClFN2O2. The number of hydrogen-bond donors (Lipinski definition) is 0. The highest BCUT2D eigenvalue weighted by Crippen LogP contribution is 2.46. The molecule has 1 saturated heterocycles. The summed E-state index contributed by atoms with van der Waals surface area (Å²) in [7, 11) is 1.63. The molecule has 2 aliphatic rings. The minimum atomic E-state index is -0.206. The Morgan fingerprint density at radius 2 is 1.89 bits per heavy atom. The summed E-state index contributed by atoms with van der Waals surface area (Å²) in [6.07, 6.45) is 1.69. The molecule has 2 aromatic rings. The molecule has 142 valence electrons. The maximum Gasteiger partial charge on any atom is 0.325 e. The zero-order valence-electron chi connectivity index (χ0n) is 15.1. The lowest BCUT2D eigenvalue weighted by Crippen LogP contribution is -2.38. The van der Waals surface area contributed by atoms with Crippen molar-refractivity contribution < 1.29 is 13.9 Å². The lowest BCUT2D eigenvalue weighted by Gasteiger charge is -2.28. The van der Waals surface area contributed by atoms with Gasteiger partial charge in [0.05, 0.1) is 18.7 Å². The molecule has 0 N–H and O–H groups in total. The van der Waals surface area contributed by atoms with E-state index in [-0.39, 0.29) is 29.8 Å². The van der Waals surface area contributed by atoms with Gasteiger partial charge in [0.15, 0.2) is 0 Å². The average molecular weight is 389 g/mol. The predicted octanol–water partition coefficient (Wildman–Crippen LogP) is 4.68. The van der Waals surface area contributed by atoms with Gasteiger partial charge in [-0.3, -0.25) is 4.90 Å². The Kier molecular flexibility index (Phi) is 5.06. The van der Waals surface area contributed by atoms with Crippen LogP contribution in [0.3, 0.4) is 0 Å². The van der Waals surface area contributed by atoms with Crippen molar-refractivity contribution in [3.63, 3.8) is 0 Å². The fourth-order valence-electron chi connectivity index (χ4n) is 4.51. The number of ether oxygens (including phenoxy) is 1. The Labute approximate surface area is 163 Å². The fourth-order valence-corrected chi connectivity index (χ4v) is 4.64. The lowest BCUT2D eigenvalue weighted by atomic mass is 9.92. The fraction of sp³-hybridized carbons (Fsp3) is 0.381. The molecule has 1 saturated carbocycles. The van der Waals surface area contributed by atoms with Crippen molar-refractivity contribution in [1.82, 2.24) is 4.90 Å². The minimum Gasteiger partial charge on any atom is -0.383 e. The summed E-state index contributed by atoms with van der Waals surface area (Å²) in [6.45, 7) is 1.01. The normalized spacial score (nSPS) is 24.6. The maximum absolute atomic E-state index is 14.5. The first-order valence-corrected chi connectivity index (χ1v) is 9.58. The quantitative estimate of drug-likeness (QED) is 0.744. The molecule has 2 fully saturated rings. The Morgan fingerprint density at radius 3 is 2.59 bits per heavy atom. The van der Waals surface area contributed by atoms with E-state index in [0.717, 1.165) is 18.5 Å². The van der Waals surface area contributed by atoms with Gasteiger partial charge in [-0.15, -0.1) is 0 Å². The third-order valence-corrected chi connectivity index (χ3v) is 5.93. The van der Waals surface area contributed by atoms with Gasteiger partial charge >= 0.3 is 6.03 Å². The molecule has 1 heterocycles. The number of benzene rings is 2. The van der Waals surface area contributed by atoms with E-state index in [1.807, 2.05) is 34.1 Å². The number of amides is 2. The molecule has 0 unspecified atom stereocenters. The highest BCUT2D eigenvalue weighted by molar-refractivity contribution is 6.30. The SMILES string of the molecule is COCCN1C(=O)N(c2ccc(Cl)cc2)[C@@H]2[C@H](c3ccccc3F)CC[C@@H]21. The van der Waals surface area contributed by atoms with Gasteiger partial charge in [-0.05, 0) is 48.7 Å². The second-order valence-electron chi connectivity index (χ2n) is 7.08. The standard InChI is InChI=1S/C21H22ClFN2O2/c1-27-13-12-24-19-11-10-17(16-4-2-3-5-18(16)23)20(19)25(21(24)26)15-8-6-14(22)7-9-15/h2-9,17,19-20H,10-13H2,1H3/t17-,19-,20+/m0/s1.